The Bertz CT molecular complexity index is 1600. The van der Waals surface area contributed by atoms with Crippen molar-refractivity contribution in [1.29, 1.82) is 0 Å². The van der Waals surface area contributed by atoms with Gasteiger partial charge in [-0.1, -0.05) is 35.5 Å². The van der Waals surface area contributed by atoms with Crippen molar-refractivity contribution in [2.75, 3.05) is 39.1 Å². The summed E-state index contributed by atoms with van der Waals surface area (Å²) in [6.07, 6.45) is 0. The Kier molecular flexibility index (Phi) is 8.79. The van der Waals surface area contributed by atoms with E-state index < -0.39 is 6.04 Å². The second-order valence-electron chi connectivity index (χ2n) is 9.29. The van der Waals surface area contributed by atoms with Crippen LogP contribution >= 0.6 is 23.4 Å². The van der Waals surface area contributed by atoms with Gasteiger partial charge in [-0.2, -0.15) is 4.98 Å². The second-order valence-corrected chi connectivity index (χ2v) is 10.7. The molecule has 3 aromatic carbocycles. The minimum atomic E-state index is -0.661. The normalized spacial score (nSPS) is 14.1. The highest BCUT2D eigenvalue weighted by molar-refractivity contribution is 7.98. The van der Waals surface area contributed by atoms with Gasteiger partial charge in [0.15, 0.2) is 11.5 Å². The number of fused-ring (bicyclic) bond motifs is 1. The highest BCUT2D eigenvalue weighted by atomic mass is 35.5. The minimum Gasteiger partial charge on any atom is -0.497 e. The first-order valence-electron chi connectivity index (χ1n) is 12.9. The molecular weight excluding hydrogens is 578 g/mol. The van der Waals surface area contributed by atoms with E-state index in [4.69, 9.17) is 40.6 Å². The van der Waals surface area contributed by atoms with E-state index in [1.54, 1.807) is 57.4 Å². The fourth-order valence-electron chi connectivity index (χ4n) is 4.66. The van der Waals surface area contributed by atoms with Gasteiger partial charge in [-0.15, -0.1) is 5.10 Å². The maximum Gasteiger partial charge on any atom is 0.255 e. The van der Waals surface area contributed by atoms with Gasteiger partial charge in [0.05, 0.1) is 34.0 Å². The SMILES string of the molecule is COc1ccc(NC(=O)C2=C(C)Nc3nc(SCc4ccc(Cl)cc4)nn3[C@@H]2c2cc(OC)c(OC)c(OC)c2)cc1. The molecule has 0 saturated heterocycles. The molecule has 1 aromatic heterocycles. The van der Waals surface area contributed by atoms with E-state index in [0.29, 0.717) is 67.4 Å². The van der Waals surface area contributed by atoms with E-state index in [2.05, 4.69) is 10.6 Å². The fraction of sp³-hybridized carbons (Fsp3) is 0.233. The number of benzene rings is 3. The molecule has 5 rings (SSSR count). The van der Waals surface area contributed by atoms with Crippen molar-refractivity contribution < 1.29 is 23.7 Å². The Labute approximate surface area is 253 Å². The lowest BCUT2D eigenvalue weighted by atomic mass is 9.94. The molecule has 0 radical (unpaired) electrons. The monoisotopic (exact) mass is 607 g/mol. The first-order valence-corrected chi connectivity index (χ1v) is 14.3. The van der Waals surface area contributed by atoms with Crippen LogP contribution in [0, 0.1) is 0 Å². The van der Waals surface area contributed by atoms with Crippen LogP contribution in [0.4, 0.5) is 11.6 Å². The molecule has 0 saturated carbocycles. The van der Waals surface area contributed by atoms with Crippen LogP contribution in [0.15, 0.2) is 77.1 Å². The van der Waals surface area contributed by atoms with Crippen LogP contribution in [0.2, 0.25) is 5.02 Å². The van der Waals surface area contributed by atoms with Crippen LogP contribution in [0.3, 0.4) is 0 Å². The molecule has 10 nitrogen and oxygen atoms in total. The summed E-state index contributed by atoms with van der Waals surface area (Å²) >= 11 is 7.52. The molecule has 12 heteroatoms. The van der Waals surface area contributed by atoms with Gasteiger partial charge in [-0.05, 0) is 66.6 Å². The van der Waals surface area contributed by atoms with Gasteiger partial charge in [-0.3, -0.25) is 4.79 Å². The molecule has 42 heavy (non-hydrogen) atoms. The zero-order valence-corrected chi connectivity index (χ0v) is 25.3. The summed E-state index contributed by atoms with van der Waals surface area (Å²) in [6, 6.07) is 17.7. The number of aromatic nitrogens is 3. The van der Waals surface area contributed by atoms with Gasteiger partial charge >= 0.3 is 0 Å². The van der Waals surface area contributed by atoms with Crippen molar-refractivity contribution >= 4 is 40.9 Å². The first-order chi connectivity index (χ1) is 20.3. The van der Waals surface area contributed by atoms with Gasteiger partial charge in [0, 0.05) is 22.2 Å². The quantitative estimate of drug-likeness (QED) is 0.204. The van der Waals surface area contributed by atoms with Gasteiger partial charge in [0.2, 0.25) is 16.9 Å². The average molecular weight is 608 g/mol. The number of nitrogens with zero attached hydrogens (tertiary/aromatic N) is 3. The summed E-state index contributed by atoms with van der Waals surface area (Å²) in [7, 11) is 6.24. The average Bonchev–Trinajstić information content (AvgIpc) is 3.41. The molecule has 0 spiro atoms. The molecule has 4 aromatic rings. The van der Waals surface area contributed by atoms with Gasteiger partial charge < -0.3 is 29.6 Å². The van der Waals surface area contributed by atoms with Crippen molar-refractivity contribution in [3.8, 4) is 23.0 Å². The Balaban J connectivity index is 1.55. The number of hydrogen-bond acceptors (Lipinski definition) is 9. The predicted octanol–water partition coefficient (Wildman–Crippen LogP) is 6.19. The topological polar surface area (TPSA) is 109 Å². The standard InChI is InChI=1S/C30H30ClN5O5S/c1-17-25(28(37)33-21-10-12-22(38-2)13-11-21)26(19-14-23(39-3)27(41-5)24(15-19)40-4)36-29(32-17)34-30(35-36)42-16-18-6-8-20(31)9-7-18/h6-15,26H,16H2,1-5H3,(H,33,37)(H,32,34,35)/t26-/m1/s1. The molecule has 0 fully saturated rings. The van der Waals surface area contributed by atoms with Crippen LogP contribution < -0.4 is 29.6 Å². The molecule has 1 aliphatic rings. The summed E-state index contributed by atoms with van der Waals surface area (Å²) in [5.74, 6) is 2.89. The number of halogens is 1. The molecule has 218 valence electrons. The van der Waals surface area contributed by atoms with Crippen LogP contribution in [0.5, 0.6) is 23.0 Å². The van der Waals surface area contributed by atoms with Gasteiger partial charge in [-0.25, -0.2) is 4.68 Å². The van der Waals surface area contributed by atoms with Crippen LogP contribution in [-0.2, 0) is 10.5 Å². The minimum absolute atomic E-state index is 0.305. The zero-order valence-electron chi connectivity index (χ0n) is 23.7. The number of ether oxygens (including phenoxy) is 4. The Morgan fingerprint density at radius 3 is 2.24 bits per heavy atom. The molecular formula is C30H30ClN5O5S. The Hall–Kier alpha value is -4.35. The number of amides is 1. The zero-order chi connectivity index (χ0) is 29.8. The van der Waals surface area contributed by atoms with Gasteiger partial charge in [0.1, 0.15) is 11.8 Å². The lowest BCUT2D eigenvalue weighted by Crippen LogP contribution is -2.31. The maximum atomic E-state index is 13.9. The number of nitrogens with one attached hydrogen (secondary N) is 2. The summed E-state index contributed by atoms with van der Waals surface area (Å²) < 4.78 is 23.8. The molecule has 0 aliphatic carbocycles. The number of rotatable bonds is 10. The van der Waals surface area contributed by atoms with E-state index in [9.17, 15) is 4.79 Å². The molecule has 0 bridgehead atoms. The molecule has 2 heterocycles. The summed E-state index contributed by atoms with van der Waals surface area (Å²) in [6.45, 7) is 1.84. The summed E-state index contributed by atoms with van der Waals surface area (Å²) in [5, 5.41) is 12.3. The van der Waals surface area contributed by atoms with E-state index in [-0.39, 0.29) is 5.91 Å². The van der Waals surface area contributed by atoms with E-state index in [0.717, 1.165) is 5.56 Å². The number of anilines is 2. The summed E-state index contributed by atoms with van der Waals surface area (Å²) in [4.78, 5) is 18.6. The van der Waals surface area contributed by atoms with Crippen molar-refractivity contribution in [2.24, 2.45) is 0 Å². The second kappa shape index (κ2) is 12.7. The molecule has 1 atom stereocenters. The number of carbonyl (C=O) groups is 1. The number of allylic oxidation sites excluding steroid dienone is 1. The Morgan fingerprint density at radius 2 is 1.64 bits per heavy atom. The molecule has 1 aliphatic heterocycles. The van der Waals surface area contributed by atoms with Crippen LogP contribution in [-0.4, -0.2) is 49.1 Å². The van der Waals surface area contributed by atoms with Crippen molar-refractivity contribution in [3.63, 3.8) is 0 Å². The third-order valence-electron chi connectivity index (χ3n) is 6.71. The van der Waals surface area contributed by atoms with E-state index in [1.165, 1.54) is 11.8 Å². The van der Waals surface area contributed by atoms with Crippen molar-refractivity contribution in [1.82, 2.24) is 14.8 Å². The molecule has 2 N–H and O–H groups in total. The number of methoxy groups -OCH3 is 4. The molecule has 1 amide bonds. The third-order valence-corrected chi connectivity index (χ3v) is 7.87. The predicted molar refractivity (Wildman–Crippen MR) is 163 cm³/mol. The first kappa shape index (κ1) is 29.2. The number of hydrogen-bond donors (Lipinski definition) is 2. The smallest absolute Gasteiger partial charge is 0.255 e. The lowest BCUT2D eigenvalue weighted by Gasteiger charge is -2.29. The Morgan fingerprint density at radius 1 is 0.976 bits per heavy atom. The largest absolute Gasteiger partial charge is 0.497 e. The number of carbonyl (C=O) groups excluding carboxylic acids is 1. The van der Waals surface area contributed by atoms with Crippen LogP contribution in [0.25, 0.3) is 0 Å². The van der Waals surface area contributed by atoms with Gasteiger partial charge in [0.25, 0.3) is 5.91 Å². The highest BCUT2D eigenvalue weighted by Gasteiger charge is 2.35. The van der Waals surface area contributed by atoms with Crippen LogP contribution in [0.1, 0.15) is 24.1 Å². The lowest BCUT2D eigenvalue weighted by molar-refractivity contribution is -0.113. The summed E-state index contributed by atoms with van der Waals surface area (Å²) in [5.41, 5.74) is 3.49. The third kappa shape index (κ3) is 5.97. The van der Waals surface area contributed by atoms with E-state index >= 15 is 0 Å². The fourth-order valence-corrected chi connectivity index (χ4v) is 5.57. The van der Waals surface area contributed by atoms with E-state index in [1.807, 2.05) is 43.3 Å². The van der Waals surface area contributed by atoms with Crippen molar-refractivity contribution in [2.45, 2.75) is 23.9 Å². The highest BCUT2D eigenvalue weighted by Crippen LogP contribution is 2.44. The number of thioether (sulfide) groups is 1. The molecule has 0 unspecified atom stereocenters. The maximum absolute atomic E-state index is 13.9. The van der Waals surface area contributed by atoms with Crippen molar-refractivity contribution in [3.05, 3.63) is 88.1 Å².